The molecule has 3 aromatic rings. The van der Waals surface area contributed by atoms with Gasteiger partial charge in [0.2, 0.25) is 0 Å². The maximum Gasteiger partial charge on any atom is 0.253 e. The van der Waals surface area contributed by atoms with Crippen molar-refractivity contribution >= 4 is 16.8 Å². The van der Waals surface area contributed by atoms with Crippen molar-refractivity contribution in [2.75, 3.05) is 13.2 Å². The molecule has 4 rings (SSSR count). The molecule has 8 nitrogen and oxygen atoms in total. The number of imidazole rings is 1. The van der Waals surface area contributed by atoms with Gasteiger partial charge in [-0.15, -0.1) is 0 Å². The Morgan fingerprint density at radius 2 is 2.17 bits per heavy atom. The molecule has 0 saturated heterocycles. The highest BCUT2D eigenvalue weighted by Gasteiger charge is 2.25. The van der Waals surface area contributed by atoms with Gasteiger partial charge >= 0.3 is 0 Å². The number of aliphatic hydroxyl groups is 2. The SMILES string of the molecule is CC(O)c1c[nH]c2c(C(=O)N[C@H]3CC[C@H](OCCO)CC3)cc(-n3ccnc3)cc12. The number of hydrogen-bond acceptors (Lipinski definition) is 5. The quantitative estimate of drug-likeness (QED) is 0.476. The van der Waals surface area contributed by atoms with Crippen molar-refractivity contribution in [2.24, 2.45) is 0 Å². The van der Waals surface area contributed by atoms with Crippen molar-refractivity contribution in [1.29, 1.82) is 0 Å². The molecule has 2 heterocycles. The summed E-state index contributed by atoms with van der Waals surface area (Å²) in [5.74, 6) is -0.138. The van der Waals surface area contributed by atoms with Crippen LogP contribution in [-0.4, -0.2) is 56.0 Å². The first-order valence-electron chi connectivity index (χ1n) is 10.4. The number of amides is 1. The molecule has 1 amide bonds. The molecule has 4 N–H and O–H groups in total. The van der Waals surface area contributed by atoms with Gasteiger partial charge in [0, 0.05) is 41.3 Å². The van der Waals surface area contributed by atoms with Crippen LogP contribution in [0.2, 0.25) is 0 Å². The van der Waals surface area contributed by atoms with Crippen LogP contribution in [0.5, 0.6) is 0 Å². The zero-order valence-corrected chi connectivity index (χ0v) is 17.0. The molecule has 2 aromatic heterocycles. The molecular formula is C22H28N4O4. The molecule has 1 unspecified atom stereocenters. The summed E-state index contributed by atoms with van der Waals surface area (Å²) in [7, 11) is 0. The van der Waals surface area contributed by atoms with Gasteiger partial charge in [-0.1, -0.05) is 0 Å². The molecule has 1 aromatic carbocycles. The van der Waals surface area contributed by atoms with Gasteiger partial charge in [-0.3, -0.25) is 4.79 Å². The molecule has 0 bridgehead atoms. The maximum atomic E-state index is 13.2. The van der Waals surface area contributed by atoms with Crippen molar-refractivity contribution in [3.63, 3.8) is 0 Å². The van der Waals surface area contributed by atoms with Crippen LogP contribution >= 0.6 is 0 Å². The average molecular weight is 412 g/mol. The summed E-state index contributed by atoms with van der Waals surface area (Å²) in [5, 5.41) is 23.0. The lowest BCUT2D eigenvalue weighted by atomic mass is 9.92. The van der Waals surface area contributed by atoms with E-state index in [0.29, 0.717) is 17.7 Å². The van der Waals surface area contributed by atoms with E-state index in [9.17, 15) is 9.90 Å². The topological polar surface area (TPSA) is 112 Å². The number of nitrogens with zero attached hydrogens (tertiary/aromatic N) is 2. The van der Waals surface area contributed by atoms with Gasteiger partial charge in [0.15, 0.2) is 0 Å². The molecule has 8 heteroatoms. The molecule has 1 fully saturated rings. The summed E-state index contributed by atoms with van der Waals surface area (Å²) in [5.41, 5.74) is 2.82. The van der Waals surface area contributed by atoms with Gasteiger partial charge in [0.1, 0.15) is 0 Å². The Labute approximate surface area is 174 Å². The molecule has 1 aliphatic rings. The van der Waals surface area contributed by atoms with E-state index in [1.54, 1.807) is 25.6 Å². The number of rotatable bonds is 7. The fourth-order valence-corrected chi connectivity index (χ4v) is 4.18. The van der Waals surface area contributed by atoms with Crippen molar-refractivity contribution in [3.8, 4) is 5.69 Å². The van der Waals surface area contributed by atoms with Gasteiger partial charge in [0.05, 0.1) is 42.8 Å². The molecule has 160 valence electrons. The molecule has 1 atom stereocenters. The summed E-state index contributed by atoms with van der Waals surface area (Å²) in [4.78, 5) is 20.5. The Hall–Kier alpha value is -2.68. The van der Waals surface area contributed by atoms with Gasteiger partial charge in [0.25, 0.3) is 5.91 Å². The standard InChI is InChI=1S/C22H28N4O4/c1-14(28)20-12-24-21-18(20)10-16(26-7-6-23-13-26)11-19(21)22(29)25-15-2-4-17(5-3-15)30-9-8-27/h6-7,10-15,17,24,27-28H,2-5,8-9H2,1H3,(H,25,29)/t14?,15-,17-. The second kappa shape index (κ2) is 8.99. The highest BCUT2D eigenvalue weighted by Crippen LogP contribution is 2.30. The average Bonchev–Trinajstić information content (AvgIpc) is 3.42. The minimum absolute atomic E-state index is 0.0323. The van der Waals surface area contributed by atoms with E-state index in [1.807, 2.05) is 22.9 Å². The Kier molecular flexibility index (Phi) is 6.17. The lowest BCUT2D eigenvalue weighted by molar-refractivity contribution is 0.00426. The first-order chi connectivity index (χ1) is 14.6. The van der Waals surface area contributed by atoms with Crippen LogP contribution in [0.1, 0.15) is 54.6 Å². The van der Waals surface area contributed by atoms with Crippen molar-refractivity contribution in [2.45, 2.75) is 50.9 Å². The number of aliphatic hydroxyl groups excluding tert-OH is 2. The van der Waals surface area contributed by atoms with Crippen LogP contribution in [0.15, 0.2) is 37.1 Å². The Bertz CT molecular complexity index is 988. The fourth-order valence-electron chi connectivity index (χ4n) is 4.18. The third kappa shape index (κ3) is 4.26. The van der Waals surface area contributed by atoms with Crippen LogP contribution in [0, 0.1) is 0 Å². The monoisotopic (exact) mass is 412 g/mol. The summed E-state index contributed by atoms with van der Waals surface area (Å²) in [6, 6.07) is 3.89. The van der Waals surface area contributed by atoms with Crippen molar-refractivity contribution in [1.82, 2.24) is 19.9 Å². The van der Waals surface area contributed by atoms with Gasteiger partial charge in [-0.05, 0) is 44.7 Å². The molecular weight excluding hydrogens is 384 g/mol. The van der Waals surface area contributed by atoms with Crippen LogP contribution in [0.3, 0.4) is 0 Å². The zero-order chi connectivity index (χ0) is 21.1. The second-order valence-electron chi connectivity index (χ2n) is 7.85. The van der Waals surface area contributed by atoms with Crippen LogP contribution in [0.4, 0.5) is 0 Å². The minimum atomic E-state index is -0.651. The van der Waals surface area contributed by atoms with E-state index < -0.39 is 6.10 Å². The lowest BCUT2D eigenvalue weighted by Gasteiger charge is -2.29. The van der Waals surface area contributed by atoms with Crippen molar-refractivity contribution in [3.05, 3.63) is 48.2 Å². The first-order valence-corrected chi connectivity index (χ1v) is 10.4. The van der Waals surface area contributed by atoms with E-state index in [2.05, 4.69) is 15.3 Å². The van der Waals surface area contributed by atoms with Crippen molar-refractivity contribution < 1.29 is 19.7 Å². The number of aromatic amines is 1. The van der Waals surface area contributed by atoms with E-state index in [0.717, 1.165) is 42.3 Å². The molecule has 0 aliphatic heterocycles. The number of carbonyl (C=O) groups excluding carboxylic acids is 1. The minimum Gasteiger partial charge on any atom is -0.394 e. The van der Waals surface area contributed by atoms with Gasteiger partial charge in [-0.2, -0.15) is 0 Å². The smallest absolute Gasteiger partial charge is 0.253 e. The fraction of sp³-hybridized carbons (Fsp3) is 0.455. The number of nitrogens with one attached hydrogen (secondary N) is 2. The summed E-state index contributed by atoms with van der Waals surface area (Å²) in [6.07, 6.45) is 9.87. The molecule has 30 heavy (non-hydrogen) atoms. The van der Waals surface area contributed by atoms with Crippen LogP contribution < -0.4 is 5.32 Å². The van der Waals surface area contributed by atoms with Crippen LogP contribution in [0.25, 0.3) is 16.6 Å². The largest absolute Gasteiger partial charge is 0.394 e. The molecule has 0 radical (unpaired) electrons. The van der Waals surface area contributed by atoms with E-state index in [1.165, 1.54) is 0 Å². The van der Waals surface area contributed by atoms with E-state index in [-0.39, 0.29) is 24.7 Å². The Balaban J connectivity index is 1.58. The zero-order valence-electron chi connectivity index (χ0n) is 17.0. The highest BCUT2D eigenvalue weighted by molar-refractivity contribution is 6.07. The summed E-state index contributed by atoms with van der Waals surface area (Å²) < 4.78 is 7.46. The Morgan fingerprint density at radius 3 is 2.83 bits per heavy atom. The third-order valence-corrected chi connectivity index (χ3v) is 5.76. The number of carbonyl (C=O) groups is 1. The van der Waals surface area contributed by atoms with Crippen LogP contribution in [-0.2, 0) is 4.74 Å². The summed E-state index contributed by atoms with van der Waals surface area (Å²) >= 11 is 0. The lowest BCUT2D eigenvalue weighted by Crippen LogP contribution is -2.39. The van der Waals surface area contributed by atoms with E-state index >= 15 is 0 Å². The molecule has 1 saturated carbocycles. The Morgan fingerprint density at radius 1 is 1.37 bits per heavy atom. The third-order valence-electron chi connectivity index (χ3n) is 5.76. The maximum absolute atomic E-state index is 13.2. The predicted octanol–water partition coefficient (Wildman–Crippen LogP) is 2.46. The normalized spacial score (nSPS) is 20.4. The highest BCUT2D eigenvalue weighted by atomic mass is 16.5. The number of hydrogen-bond donors (Lipinski definition) is 4. The predicted molar refractivity (Wildman–Crippen MR) is 113 cm³/mol. The number of benzene rings is 1. The second-order valence-corrected chi connectivity index (χ2v) is 7.85. The molecule has 0 spiro atoms. The van der Waals surface area contributed by atoms with Gasteiger partial charge < -0.3 is 29.8 Å². The van der Waals surface area contributed by atoms with Gasteiger partial charge in [-0.25, -0.2) is 4.98 Å². The summed E-state index contributed by atoms with van der Waals surface area (Å²) in [6.45, 7) is 2.10. The number of H-pyrrole nitrogens is 1. The number of fused-ring (bicyclic) bond motifs is 1. The molecule has 1 aliphatic carbocycles. The number of ether oxygens (including phenoxy) is 1. The number of aromatic nitrogens is 3. The first kappa shape index (κ1) is 20.6. The van der Waals surface area contributed by atoms with E-state index in [4.69, 9.17) is 9.84 Å².